The van der Waals surface area contributed by atoms with Crippen LogP contribution in [0.25, 0.3) is 22.2 Å². The zero-order valence-corrected chi connectivity index (χ0v) is 14.9. The lowest BCUT2D eigenvalue weighted by Crippen LogP contribution is -2.39. The van der Waals surface area contributed by atoms with Gasteiger partial charge >= 0.3 is 12.0 Å². The van der Waals surface area contributed by atoms with Crippen LogP contribution in [0, 0.1) is 0 Å². The van der Waals surface area contributed by atoms with Gasteiger partial charge in [0.05, 0.1) is 16.8 Å². The van der Waals surface area contributed by atoms with E-state index in [-0.39, 0.29) is 11.3 Å². The largest absolute Gasteiger partial charge is 0.508 e. The molecule has 0 saturated carbocycles. The molecule has 1 aromatic heterocycles. The Morgan fingerprint density at radius 3 is 2.50 bits per heavy atom. The number of ether oxygens (including phenoxy) is 1. The van der Waals surface area contributed by atoms with Crippen LogP contribution in [0.3, 0.4) is 0 Å². The topological polar surface area (TPSA) is 118 Å². The Labute approximate surface area is 160 Å². The fourth-order valence-corrected chi connectivity index (χ4v) is 2.56. The molecule has 2 aromatic carbocycles. The summed E-state index contributed by atoms with van der Waals surface area (Å²) < 4.78 is 5.05. The van der Waals surface area contributed by atoms with Crippen LogP contribution in [0.4, 0.5) is 4.79 Å². The molecule has 8 heteroatoms. The Hall–Kier alpha value is -3.94. The van der Waals surface area contributed by atoms with E-state index in [4.69, 9.17) is 4.74 Å². The summed E-state index contributed by atoms with van der Waals surface area (Å²) in [5.41, 5.74) is 2.03. The number of urea groups is 1. The average molecular weight is 379 g/mol. The predicted molar refractivity (Wildman–Crippen MR) is 102 cm³/mol. The highest BCUT2D eigenvalue weighted by Gasteiger charge is 2.17. The number of carbonyl (C=O) groups excluding carboxylic acids is 3. The molecule has 8 nitrogen and oxygen atoms in total. The van der Waals surface area contributed by atoms with Crippen molar-refractivity contribution in [2.24, 2.45) is 0 Å². The standard InChI is InChI=1S/C20H17N3O5/c1-21-20(27)23-18(25)11-28-19(26)15-10-17(12-6-8-13(24)9-7-12)22-16-5-3-2-4-14(15)16/h2-10,24H,11H2,1H3,(H2,21,23,25,27). The molecule has 0 aliphatic heterocycles. The lowest BCUT2D eigenvalue weighted by molar-refractivity contribution is -0.123. The van der Waals surface area contributed by atoms with E-state index in [9.17, 15) is 19.5 Å². The van der Waals surface area contributed by atoms with Crippen molar-refractivity contribution in [3.63, 3.8) is 0 Å². The number of nitrogens with one attached hydrogen (secondary N) is 2. The van der Waals surface area contributed by atoms with Gasteiger partial charge in [-0.1, -0.05) is 18.2 Å². The maximum atomic E-state index is 12.6. The minimum Gasteiger partial charge on any atom is -0.508 e. The number of aromatic nitrogens is 1. The molecule has 142 valence electrons. The molecular weight excluding hydrogens is 362 g/mol. The summed E-state index contributed by atoms with van der Waals surface area (Å²) in [6.07, 6.45) is 0. The van der Waals surface area contributed by atoms with E-state index in [1.165, 1.54) is 19.2 Å². The fourth-order valence-electron chi connectivity index (χ4n) is 2.56. The number of phenolic OH excluding ortho intramolecular Hbond substituents is 1. The second-order valence-corrected chi connectivity index (χ2v) is 5.82. The zero-order chi connectivity index (χ0) is 20.1. The van der Waals surface area contributed by atoms with Crippen molar-refractivity contribution in [1.82, 2.24) is 15.6 Å². The second kappa shape index (κ2) is 8.17. The van der Waals surface area contributed by atoms with Crippen LogP contribution in [-0.4, -0.2) is 41.7 Å². The first-order valence-corrected chi connectivity index (χ1v) is 8.36. The first-order valence-electron chi connectivity index (χ1n) is 8.36. The summed E-state index contributed by atoms with van der Waals surface area (Å²) in [5, 5.41) is 14.3. The maximum absolute atomic E-state index is 12.6. The Kier molecular flexibility index (Phi) is 5.50. The van der Waals surface area contributed by atoms with Gasteiger partial charge in [-0.3, -0.25) is 10.1 Å². The van der Waals surface area contributed by atoms with Crippen molar-refractivity contribution in [3.8, 4) is 17.0 Å². The van der Waals surface area contributed by atoms with Gasteiger partial charge < -0.3 is 15.2 Å². The average Bonchev–Trinajstić information content (AvgIpc) is 2.71. The second-order valence-electron chi connectivity index (χ2n) is 5.82. The van der Waals surface area contributed by atoms with Gasteiger partial charge in [0.25, 0.3) is 5.91 Å². The molecule has 0 unspecified atom stereocenters. The highest BCUT2D eigenvalue weighted by Crippen LogP contribution is 2.26. The van der Waals surface area contributed by atoms with Crippen LogP contribution < -0.4 is 10.6 Å². The van der Waals surface area contributed by atoms with Crippen molar-refractivity contribution < 1.29 is 24.2 Å². The van der Waals surface area contributed by atoms with Gasteiger partial charge in [-0.05, 0) is 36.4 Å². The van der Waals surface area contributed by atoms with Gasteiger partial charge in [0, 0.05) is 18.0 Å². The van der Waals surface area contributed by atoms with E-state index in [2.05, 4.69) is 10.3 Å². The van der Waals surface area contributed by atoms with E-state index in [1.54, 1.807) is 42.5 Å². The van der Waals surface area contributed by atoms with E-state index in [0.29, 0.717) is 22.2 Å². The summed E-state index contributed by atoms with van der Waals surface area (Å²) in [6.45, 7) is -0.600. The van der Waals surface area contributed by atoms with E-state index in [1.807, 2.05) is 5.32 Å². The Morgan fingerprint density at radius 1 is 1.07 bits per heavy atom. The number of esters is 1. The van der Waals surface area contributed by atoms with Gasteiger partial charge in [0.2, 0.25) is 0 Å². The number of hydrogen-bond donors (Lipinski definition) is 3. The molecule has 0 spiro atoms. The highest BCUT2D eigenvalue weighted by atomic mass is 16.5. The van der Waals surface area contributed by atoms with Crippen LogP contribution in [0.5, 0.6) is 5.75 Å². The summed E-state index contributed by atoms with van der Waals surface area (Å²) in [6, 6.07) is 14.3. The third-order valence-electron chi connectivity index (χ3n) is 3.91. The molecule has 3 N–H and O–H groups in total. The molecule has 0 bridgehead atoms. The highest BCUT2D eigenvalue weighted by molar-refractivity contribution is 6.05. The molecule has 3 amide bonds. The molecule has 1 heterocycles. The van der Waals surface area contributed by atoms with Gasteiger partial charge in [-0.2, -0.15) is 0 Å². The van der Waals surface area contributed by atoms with E-state index >= 15 is 0 Å². The summed E-state index contributed by atoms with van der Waals surface area (Å²) >= 11 is 0. The monoisotopic (exact) mass is 379 g/mol. The molecule has 0 fully saturated rings. The number of hydrogen-bond acceptors (Lipinski definition) is 6. The van der Waals surface area contributed by atoms with Crippen molar-refractivity contribution in [3.05, 3.63) is 60.2 Å². The van der Waals surface area contributed by atoms with Gasteiger partial charge in [0.15, 0.2) is 6.61 Å². The lowest BCUT2D eigenvalue weighted by Gasteiger charge is -2.10. The molecule has 0 atom stereocenters. The number of nitrogens with zero attached hydrogens (tertiary/aromatic N) is 1. The molecule has 0 radical (unpaired) electrons. The van der Waals surface area contributed by atoms with Gasteiger partial charge in [0.1, 0.15) is 5.75 Å². The van der Waals surface area contributed by atoms with E-state index < -0.39 is 24.5 Å². The fraction of sp³-hybridized carbons (Fsp3) is 0.100. The number of benzene rings is 2. The lowest BCUT2D eigenvalue weighted by atomic mass is 10.0. The first kappa shape index (κ1) is 18.8. The van der Waals surface area contributed by atoms with Gasteiger partial charge in [-0.15, -0.1) is 0 Å². The minimum atomic E-state index is -0.746. The number of amides is 3. The molecule has 0 aliphatic rings. The summed E-state index contributed by atoms with van der Waals surface area (Å²) in [5.74, 6) is -1.35. The molecule has 3 rings (SSSR count). The number of pyridine rings is 1. The number of rotatable bonds is 4. The SMILES string of the molecule is CNC(=O)NC(=O)COC(=O)c1cc(-c2ccc(O)cc2)nc2ccccc12. The minimum absolute atomic E-state index is 0.117. The first-order chi connectivity index (χ1) is 13.5. The third-order valence-corrected chi connectivity index (χ3v) is 3.91. The maximum Gasteiger partial charge on any atom is 0.339 e. The molecule has 0 saturated heterocycles. The predicted octanol–water partition coefficient (Wildman–Crippen LogP) is 2.22. The van der Waals surface area contributed by atoms with Crippen molar-refractivity contribution in [2.45, 2.75) is 0 Å². The third kappa shape index (κ3) is 4.24. The van der Waals surface area contributed by atoms with Crippen molar-refractivity contribution in [1.29, 1.82) is 0 Å². The number of para-hydroxylation sites is 1. The number of fused-ring (bicyclic) bond motifs is 1. The Balaban J connectivity index is 1.90. The van der Waals surface area contributed by atoms with Crippen LogP contribution in [0.1, 0.15) is 10.4 Å². The number of imide groups is 1. The number of aromatic hydroxyl groups is 1. The van der Waals surface area contributed by atoms with Crippen LogP contribution in [-0.2, 0) is 9.53 Å². The molecular formula is C20H17N3O5. The smallest absolute Gasteiger partial charge is 0.339 e. The van der Waals surface area contributed by atoms with E-state index in [0.717, 1.165) is 0 Å². The van der Waals surface area contributed by atoms with Crippen LogP contribution in [0.15, 0.2) is 54.6 Å². The number of phenols is 1. The zero-order valence-electron chi connectivity index (χ0n) is 14.9. The van der Waals surface area contributed by atoms with Crippen LogP contribution in [0.2, 0.25) is 0 Å². The Bertz CT molecular complexity index is 1050. The normalized spacial score (nSPS) is 10.3. The van der Waals surface area contributed by atoms with Crippen molar-refractivity contribution in [2.75, 3.05) is 13.7 Å². The summed E-state index contributed by atoms with van der Waals surface area (Å²) in [7, 11) is 1.36. The molecule has 0 aliphatic carbocycles. The van der Waals surface area contributed by atoms with Gasteiger partial charge in [-0.25, -0.2) is 14.6 Å². The molecule has 3 aromatic rings. The Morgan fingerprint density at radius 2 is 1.79 bits per heavy atom. The summed E-state index contributed by atoms with van der Waals surface area (Å²) in [4.78, 5) is 39.9. The van der Waals surface area contributed by atoms with Crippen molar-refractivity contribution >= 4 is 28.8 Å². The van der Waals surface area contributed by atoms with Crippen LogP contribution >= 0.6 is 0 Å². The molecule has 28 heavy (non-hydrogen) atoms. The number of carbonyl (C=O) groups is 3. The quantitative estimate of drug-likeness (QED) is 0.598.